The summed E-state index contributed by atoms with van der Waals surface area (Å²) in [6.45, 7) is 3.76. The van der Waals surface area contributed by atoms with Crippen molar-refractivity contribution in [1.29, 1.82) is 0 Å². The molecule has 0 bridgehead atoms. The molecule has 1 fully saturated rings. The molecule has 1 aliphatic rings. The molecule has 5 rings (SSSR count). The highest BCUT2D eigenvalue weighted by Gasteiger charge is 2.32. The molecule has 1 atom stereocenters. The van der Waals surface area contributed by atoms with Crippen molar-refractivity contribution in [1.82, 2.24) is 29.6 Å². The zero-order valence-electron chi connectivity index (χ0n) is 21.1. The van der Waals surface area contributed by atoms with Crippen LogP contribution in [0.4, 0.5) is 11.8 Å². The predicted molar refractivity (Wildman–Crippen MR) is 141 cm³/mol. The van der Waals surface area contributed by atoms with E-state index in [1.165, 1.54) is 0 Å². The Kier molecular flexibility index (Phi) is 7.15. The first-order valence-corrected chi connectivity index (χ1v) is 12.6. The van der Waals surface area contributed by atoms with E-state index in [1.807, 2.05) is 28.9 Å². The van der Waals surface area contributed by atoms with Gasteiger partial charge >= 0.3 is 0 Å². The lowest BCUT2D eigenvalue weighted by Crippen LogP contribution is -2.54. The summed E-state index contributed by atoms with van der Waals surface area (Å²) >= 11 is 0. The average molecular weight is 505 g/mol. The minimum Gasteiger partial charge on any atom is -0.396 e. The zero-order valence-corrected chi connectivity index (χ0v) is 21.1. The Morgan fingerprint density at radius 3 is 2.86 bits per heavy atom. The number of hydrogen-bond donors (Lipinski definition) is 3. The summed E-state index contributed by atoms with van der Waals surface area (Å²) in [5.41, 5.74) is 9.62. The Labute approximate surface area is 214 Å². The highest BCUT2D eigenvalue weighted by Crippen LogP contribution is 2.28. The van der Waals surface area contributed by atoms with Gasteiger partial charge in [0.1, 0.15) is 11.0 Å². The van der Waals surface area contributed by atoms with Crippen molar-refractivity contribution in [2.45, 2.75) is 44.9 Å². The second kappa shape index (κ2) is 10.7. The molecule has 4 aromatic rings. The number of carbonyl (C=O) groups excluding carboxylic acids is 1. The van der Waals surface area contributed by atoms with Gasteiger partial charge in [-0.25, -0.2) is 4.98 Å². The summed E-state index contributed by atoms with van der Waals surface area (Å²) in [4.78, 5) is 28.4. The number of nitrogen functional groups attached to an aromatic ring is 1. The maximum absolute atomic E-state index is 13.2. The maximum Gasteiger partial charge on any atom is 0.254 e. The number of aliphatic hydroxyl groups is 1. The number of nitrogens with two attached hydrogens (primary N) is 1. The number of hydrogen-bond acceptors (Lipinski definition) is 9. The minimum atomic E-state index is -0.0244. The lowest BCUT2D eigenvalue weighted by Gasteiger charge is -2.38. The summed E-state index contributed by atoms with van der Waals surface area (Å²) in [5, 5.41) is 18.3. The molecular weight excluding hydrogens is 472 g/mol. The van der Waals surface area contributed by atoms with Crippen LogP contribution >= 0.6 is 0 Å². The average Bonchev–Trinajstić information content (AvgIpc) is 3.26. The van der Waals surface area contributed by atoms with Gasteiger partial charge in [0.2, 0.25) is 5.95 Å². The van der Waals surface area contributed by atoms with Crippen LogP contribution in [-0.4, -0.2) is 79.6 Å². The van der Waals surface area contributed by atoms with Crippen molar-refractivity contribution in [3.63, 3.8) is 0 Å². The normalized spacial score (nSPS) is 14.7. The molecule has 194 valence electrons. The third kappa shape index (κ3) is 4.92. The highest BCUT2D eigenvalue weighted by molar-refractivity contribution is 6.07. The van der Waals surface area contributed by atoms with E-state index in [0.29, 0.717) is 43.0 Å². The summed E-state index contributed by atoms with van der Waals surface area (Å²) in [5.74, 6) is 0.718. The third-order valence-electron chi connectivity index (χ3n) is 6.83. The van der Waals surface area contributed by atoms with Crippen LogP contribution in [0, 0.1) is 0 Å². The van der Waals surface area contributed by atoms with Crippen LogP contribution < -0.4 is 11.1 Å². The molecule has 4 heterocycles. The van der Waals surface area contributed by atoms with Crippen molar-refractivity contribution in [2.75, 3.05) is 37.9 Å². The number of nitrogens with one attached hydrogen (secondary N) is 1. The molecule has 0 spiro atoms. The predicted octanol–water partition coefficient (Wildman–Crippen LogP) is 2.44. The molecule has 0 aliphatic carbocycles. The number of likely N-dealkylation sites (tertiary alicyclic amines) is 1. The van der Waals surface area contributed by atoms with Crippen molar-refractivity contribution in [3.8, 4) is 0 Å². The van der Waals surface area contributed by atoms with Gasteiger partial charge in [-0.05, 0) is 30.5 Å². The lowest BCUT2D eigenvalue weighted by molar-refractivity contribution is -0.0191. The van der Waals surface area contributed by atoms with Gasteiger partial charge in [0.25, 0.3) is 5.91 Å². The fourth-order valence-corrected chi connectivity index (χ4v) is 4.85. The van der Waals surface area contributed by atoms with Gasteiger partial charge < -0.3 is 25.8 Å². The fourth-order valence-electron chi connectivity index (χ4n) is 4.85. The molecule has 1 amide bonds. The number of pyridine rings is 1. The number of anilines is 2. The number of fused-ring (bicyclic) bond motifs is 2. The molecule has 37 heavy (non-hydrogen) atoms. The minimum absolute atomic E-state index is 0.0244. The molecular formula is C26H32N8O3. The number of benzene rings is 1. The summed E-state index contributed by atoms with van der Waals surface area (Å²) in [6, 6.07) is 7.60. The van der Waals surface area contributed by atoms with Gasteiger partial charge in [0.05, 0.1) is 24.4 Å². The largest absolute Gasteiger partial charge is 0.396 e. The number of rotatable bonds is 10. The van der Waals surface area contributed by atoms with Crippen LogP contribution in [0.5, 0.6) is 0 Å². The summed E-state index contributed by atoms with van der Waals surface area (Å²) < 4.78 is 7.14. The van der Waals surface area contributed by atoms with Crippen molar-refractivity contribution in [3.05, 3.63) is 47.8 Å². The van der Waals surface area contributed by atoms with Gasteiger partial charge in [0.15, 0.2) is 5.82 Å². The second-order valence-electron chi connectivity index (χ2n) is 9.35. The van der Waals surface area contributed by atoms with Gasteiger partial charge in [-0.15, -0.1) is 0 Å². The number of methoxy groups -OCH3 is 1. The fraction of sp³-hybridized carbons (Fsp3) is 0.423. The molecule has 1 aliphatic heterocycles. The van der Waals surface area contributed by atoms with Crippen LogP contribution in [0.15, 0.2) is 36.7 Å². The van der Waals surface area contributed by atoms with Crippen LogP contribution in [0.25, 0.3) is 21.9 Å². The van der Waals surface area contributed by atoms with E-state index >= 15 is 0 Å². The second-order valence-corrected chi connectivity index (χ2v) is 9.35. The monoisotopic (exact) mass is 504 g/mol. The molecule has 0 unspecified atom stereocenters. The van der Waals surface area contributed by atoms with E-state index in [2.05, 4.69) is 32.3 Å². The molecule has 3 aromatic heterocycles. The van der Waals surface area contributed by atoms with Gasteiger partial charge in [-0.2, -0.15) is 10.1 Å². The van der Waals surface area contributed by atoms with Gasteiger partial charge in [0, 0.05) is 50.0 Å². The molecule has 1 saturated heterocycles. The molecule has 0 saturated carbocycles. The van der Waals surface area contributed by atoms with Crippen LogP contribution in [-0.2, 0) is 11.3 Å². The smallest absolute Gasteiger partial charge is 0.254 e. The Morgan fingerprint density at radius 2 is 2.11 bits per heavy atom. The van der Waals surface area contributed by atoms with Crippen LogP contribution in [0.1, 0.15) is 42.1 Å². The summed E-state index contributed by atoms with van der Waals surface area (Å²) in [6.07, 6.45) is 5.93. The Balaban J connectivity index is 1.50. The molecule has 4 N–H and O–H groups in total. The van der Waals surface area contributed by atoms with E-state index in [-0.39, 0.29) is 30.6 Å². The van der Waals surface area contributed by atoms with E-state index in [9.17, 15) is 9.90 Å². The Morgan fingerprint density at radius 1 is 1.27 bits per heavy atom. The number of ether oxygens (including phenoxy) is 1. The number of aromatic nitrogens is 5. The number of nitrogens with zero attached hydrogens (tertiary/aromatic N) is 6. The van der Waals surface area contributed by atoms with Gasteiger partial charge in [-0.3, -0.25) is 14.5 Å². The topological polar surface area (TPSA) is 144 Å². The quantitative estimate of drug-likeness (QED) is 0.296. The molecule has 11 heteroatoms. The van der Waals surface area contributed by atoms with Gasteiger partial charge in [-0.1, -0.05) is 25.5 Å². The number of carbonyl (C=O) groups is 1. The standard InChI is InChI=1S/C26H32N8O3/c1-3-5-17(9-11-35)30-24-23-21(31-26(27)32-24)12-29-34(23)13-16-7-8-20(19-6-4-10-28-22(16)19)25(36)33-14-18(15-33)37-2/h4,6-8,10,12,17-18,35H,3,5,9,11,13-15H2,1-2H3,(H3,27,30,31,32)/t17-/m0/s1. The van der Waals surface area contributed by atoms with Crippen molar-refractivity contribution >= 4 is 39.6 Å². The number of amides is 1. The lowest BCUT2D eigenvalue weighted by atomic mass is 10.0. The molecule has 0 radical (unpaired) electrons. The molecule has 1 aromatic carbocycles. The Bertz CT molecular complexity index is 1410. The van der Waals surface area contributed by atoms with Crippen molar-refractivity contribution in [2.24, 2.45) is 0 Å². The van der Waals surface area contributed by atoms with E-state index in [1.54, 1.807) is 24.4 Å². The first-order valence-electron chi connectivity index (χ1n) is 12.6. The highest BCUT2D eigenvalue weighted by atomic mass is 16.5. The van der Waals surface area contributed by atoms with Crippen molar-refractivity contribution < 1.29 is 14.6 Å². The number of aliphatic hydroxyl groups excluding tert-OH is 1. The SMILES string of the molecule is CCC[C@@H](CCO)Nc1nc(N)nc2cnn(Cc3ccc(C(=O)N4CC(OC)C4)c4cccnc34)c12. The molecule has 11 nitrogen and oxygen atoms in total. The summed E-state index contributed by atoms with van der Waals surface area (Å²) in [7, 11) is 1.66. The van der Waals surface area contributed by atoms with Crippen LogP contribution in [0.3, 0.4) is 0 Å². The first kappa shape index (κ1) is 24.8. The first-order chi connectivity index (χ1) is 18.0. The Hall–Kier alpha value is -3.83. The third-order valence-corrected chi connectivity index (χ3v) is 6.83. The van der Waals surface area contributed by atoms with E-state index < -0.39 is 0 Å². The maximum atomic E-state index is 13.2. The zero-order chi connectivity index (χ0) is 25.9. The van der Waals surface area contributed by atoms with E-state index in [4.69, 9.17) is 10.5 Å². The van der Waals surface area contributed by atoms with E-state index in [0.717, 1.165) is 34.8 Å². The van der Waals surface area contributed by atoms with Crippen LogP contribution in [0.2, 0.25) is 0 Å².